The zero-order valence-corrected chi connectivity index (χ0v) is 6.22. The lowest BCUT2D eigenvalue weighted by molar-refractivity contribution is 0.528. The maximum Gasteiger partial charge on any atom is 0.182 e. The summed E-state index contributed by atoms with van der Waals surface area (Å²) in [5.74, 6) is 0. The van der Waals surface area contributed by atoms with Gasteiger partial charge in [0.05, 0.1) is 0 Å². The molecule has 0 unspecified atom stereocenters. The van der Waals surface area contributed by atoms with Crippen molar-refractivity contribution in [2.24, 2.45) is 0 Å². The van der Waals surface area contributed by atoms with Crippen LogP contribution in [0.1, 0.15) is 20.8 Å². The summed E-state index contributed by atoms with van der Waals surface area (Å²) >= 11 is 0. The maximum absolute atomic E-state index is 3.10. The summed E-state index contributed by atoms with van der Waals surface area (Å²) in [6, 6.07) is 0. The van der Waals surface area contributed by atoms with E-state index in [1.165, 1.54) is 0 Å². The highest BCUT2D eigenvalue weighted by Gasteiger charge is 2.01. The van der Waals surface area contributed by atoms with Crippen LogP contribution in [0.2, 0.25) is 0 Å². The summed E-state index contributed by atoms with van der Waals surface area (Å²) in [6.45, 7) is 6.40. The highest BCUT2D eigenvalue weighted by molar-refractivity contribution is 6.04. The molecule has 1 N–H and O–H groups in total. The van der Waals surface area contributed by atoms with Gasteiger partial charge in [-0.3, -0.25) is 0 Å². The maximum atomic E-state index is 3.10. The van der Waals surface area contributed by atoms with Crippen molar-refractivity contribution >= 4 is 20.4 Å². The molecule has 0 heterocycles. The second-order valence-corrected chi connectivity index (χ2v) is 2.50. The Morgan fingerprint density at radius 1 is 1.29 bits per heavy atom. The van der Waals surface area contributed by atoms with E-state index in [4.69, 9.17) is 0 Å². The van der Waals surface area contributed by atoms with Gasteiger partial charge in [0.15, 0.2) is 7.98 Å². The smallest absolute Gasteiger partial charge is 0.182 e. The van der Waals surface area contributed by atoms with Gasteiger partial charge in [-0.05, 0) is 26.3 Å². The Hall–Kier alpha value is 0.315. The van der Waals surface area contributed by atoms with Gasteiger partial charge in [0.25, 0.3) is 0 Å². The molecule has 0 bridgehead atoms. The molecule has 44 valence electrons. The van der Waals surface area contributed by atoms with Crippen LogP contribution in [0.4, 0.5) is 0 Å². The number of hydrogen-bond acceptors (Lipinski definition) is 1. The van der Waals surface area contributed by atoms with Gasteiger partial charge in [0.2, 0.25) is 0 Å². The first-order valence-electron chi connectivity index (χ1n) is 2.25. The van der Waals surface area contributed by atoms with E-state index in [0.717, 1.165) is 0 Å². The fourth-order valence-electron chi connectivity index (χ4n) is 0. The van der Waals surface area contributed by atoms with Gasteiger partial charge in [0.1, 0.15) is 0 Å². The van der Waals surface area contributed by atoms with Gasteiger partial charge in [-0.15, -0.1) is 12.4 Å². The number of hydrogen-bond donors (Lipinski definition) is 1. The van der Waals surface area contributed by atoms with Gasteiger partial charge in [0, 0.05) is 0 Å². The van der Waals surface area contributed by atoms with E-state index in [1.807, 2.05) is 7.98 Å². The lowest BCUT2D eigenvalue weighted by atomic mass is 10.1. The molecule has 0 aromatic carbocycles. The quantitative estimate of drug-likeness (QED) is 0.456. The lowest BCUT2D eigenvalue weighted by Crippen LogP contribution is -2.33. The number of nitrogens with one attached hydrogen (secondary N) is 1. The minimum absolute atomic E-state index is 0. The SMILES string of the molecule is BNC(C)(C)C.Cl. The molecule has 0 fully saturated rings. The molecule has 0 radical (unpaired) electrons. The van der Waals surface area contributed by atoms with E-state index in [0.29, 0.717) is 5.54 Å². The first kappa shape index (κ1) is 10.3. The topological polar surface area (TPSA) is 12.0 Å². The molecule has 0 atom stereocenters. The van der Waals surface area contributed by atoms with E-state index in [-0.39, 0.29) is 12.4 Å². The minimum atomic E-state index is 0. The summed E-state index contributed by atoms with van der Waals surface area (Å²) in [5.41, 5.74) is 0.292. The predicted molar refractivity (Wildman–Crippen MR) is 38.7 cm³/mol. The fraction of sp³-hybridized carbons (Fsp3) is 1.00. The second-order valence-electron chi connectivity index (χ2n) is 2.50. The van der Waals surface area contributed by atoms with Crippen molar-refractivity contribution in [3.63, 3.8) is 0 Å². The van der Waals surface area contributed by atoms with E-state index in [1.54, 1.807) is 0 Å². The van der Waals surface area contributed by atoms with Crippen LogP contribution in [0.5, 0.6) is 0 Å². The molecule has 0 saturated heterocycles. The third kappa shape index (κ3) is 10.7. The molecule has 3 heteroatoms. The van der Waals surface area contributed by atoms with Gasteiger partial charge in [-0.2, -0.15) is 0 Å². The summed E-state index contributed by atoms with van der Waals surface area (Å²) in [5, 5.41) is 3.10. The summed E-state index contributed by atoms with van der Waals surface area (Å²) in [6.07, 6.45) is 0. The van der Waals surface area contributed by atoms with Gasteiger partial charge in [-0.1, -0.05) is 0 Å². The average Bonchev–Trinajstić information content (AvgIpc) is 1.35. The van der Waals surface area contributed by atoms with E-state index < -0.39 is 0 Å². The largest absolute Gasteiger partial charge is 0.358 e. The molecule has 0 aliphatic rings. The highest BCUT2D eigenvalue weighted by atomic mass is 35.5. The Labute approximate surface area is 52.7 Å². The molecule has 7 heavy (non-hydrogen) atoms. The standard InChI is InChI=1S/C4H12BN.ClH/c1-4(2,3)6-5;/h6H,5H2,1-3H3;1H. The molecular weight excluding hydrogens is 108 g/mol. The van der Waals surface area contributed by atoms with Crippen molar-refractivity contribution in [3.05, 3.63) is 0 Å². The Morgan fingerprint density at radius 2 is 1.43 bits per heavy atom. The van der Waals surface area contributed by atoms with Crippen LogP contribution < -0.4 is 5.23 Å². The van der Waals surface area contributed by atoms with E-state index >= 15 is 0 Å². The monoisotopic (exact) mass is 121 g/mol. The highest BCUT2D eigenvalue weighted by Crippen LogP contribution is 1.93. The van der Waals surface area contributed by atoms with Crippen LogP contribution in [-0.4, -0.2) is 13.5 Å². The van der Waals surface area contributed by atoms with E-state index in [2.05, 4.69) is 26.0 Å². The molecule has 0 amide bonds. The molecule has 0 aliphatic carbocycles. The van der Waals surface area contributed by atoms with Crippen LogP contribution in [0.15, 0.2) is 0 Å². The van der Waals surface area contributed by atoms with Crippen LogP contribution in [0.3, 0.4) is 0 Å². The van der Waals surface area contributed by atoms with Crippen molar-refractivity contribution in [2.45, 2.75) is 26.3 Å². The Morgan fingerprint density at radius 3 is 1.43 bits per heavy atom. The predicted octanol–water partition coefficient (Wildman–Crippen LogP) is 0.344. The van der Waals surface area contributed by atoms with Crippen LogP contribution >= 0.6 is 12.4 Å². The van der Waals surface area contributed by atoms with Crippen LogP contribution in [0, 0.1) is 0 Å². The Bertz CT molecular complexity index is 41.4. The molecule has 0 aliphatic heterocycles. The van der Waals surface area contributed by atoms with Gasteiger partial charge >= 0.3 is 0 Å². The summed E-state index contributed by atoms with van der Waals surface area (Å²) in [4.78, 5) is 0. The molecule has 0 spiro atoms. The van der Waals surface area contributed by atoms with Crippen molar-refractivity contribution in [3.8, 4) is 0 Å². The molecule has 0 aromatic rings. The first-order chi connectivity index (χ1) is 2.56. The third-order valence-electron chi connectivity index (χ3n) is 0.750. The van der Waals surface area contributed by atoms with Crippen molar-refractivity contribution in [2.75, 3.05) is 0 Å². The Balaban J connectivity index is 0. The zero-order chi connectivity index (χ0) is 5.21. The summed E-state index contributed by atoms with van der Waals surface area (Å²) < 4.78 is 0. The second kappa shape index (κ2) is 3.33. The normalized spacial score (nSPS) is 10.1. The van der Waals surface area contributed by atoms with E-state index in [9.17, 15) is 0 Å². The lowest BCUT2D eigenvalue weighted by Gasteiger charge is -2.15. The average molecular weight is 121 g/mol. The van der Waals surface area contributed by atoms with Crippen molar-refractivity contribution < 1.29 is 0 Å². The van der Waals surface area contributed by atoms with Crippen molar-refractivity contribution in [1.82, 2.24) is 5.23 Å². The zero-order valence-electron chi connectivity index (χ0n) is 5.41. The van der Waals surface area contributed by atoms with Gasteiger partial charge < -0.3 is 5.23 Å². The van der Waals surface area contributed by atoms with Gasteiger partial charge in [-0.25, -0.2) is 0 Å². The van der Waals surface area contributed by atoms with Crippen LogP contribution in [0.25, 0.3) is 0 Å². The molecule has 1 nitrogen and oxygen atoms in total. The fourth-order valence-corrected chi connectivity index (χ4v) is 0. The van der Waals surface area contributed by atoms with Crippen LogP contribution in [-0.2, 0) is 0 Å². The molecule has 0 saturated carbocycles. The molecular formula is C4H13BClN. The Kier molecular flexibility index (Phi) is 4.92. The first-order valence-corrected chi connectivity index (χ1v) is 2.25. The number of rotatable bonds is 0. The molecule has 0 rings (SSSR count). The minimum Gasteiger partial charge on any atom is -0.358 e. The molecule has 0 aromatic heterocycles. The third-order valence-corrected chi connectivity index (χ3v) is 0.750. The number of halogens is 1. The summed E-state index contributed by atoms with van der Waals surface area (Å²) in [7, 11) is 1.96. The van der Waals surface area contributed by atoms with Crippen molar-refractivity contribution in [1.29, 1.82) is 0 Å².